The number of hydrogen-bond acceptors (Lipinski definition) is 11. The third kappa shape index (κ3) is 6.04. The van der Waals surface area contributed by atoms with Gasteiger partial charge in [-0.15, -0.1) is 0 Å². The minimum absolute atomic E-state index is 0.204. The number of rotatable bonds is 11. The molecule has 0 bridgehead atoms. The van der Waals surface area contributed by atoms with Crippen molar-refractivity contribution in [3.05, 3.63) is 42.5 Å². The Bertz CT molecular complexity index is 1370. The SMILES string of the molecule is COC(=O)[C@H](C)NP(=O)(OC[C@H]1O[C@@H](n2cnc3c(NC4CC4)nc(C)nc32)[C@H](F)[C@@H]1O)Oc1ccccc1. The number of ether oxygens (including phenoxy) is 2. The zero-order chi connectivity index (χ0) is 27.7. The number of nitrogens with one attached hydrogen (secondary N) is 2. The van der Waals surface area contributed by atoms with Gasteiger partial charge in [-0.2, -0.15) is 5.09 Å². The first-order valence-corrected chi connectivity index (χ1v) is 14.0. The van der Waals surface area contributed by atoms with Crippen molar-refractivity contribution in [2.24, 2.45) is 0 Å². The molecule has 1 aliphatic carbocycles. The number of para-hydroxylation sites is 1. The van der Waals surface area contributed by atoms with Gasteiger partial charge < -0.3 is 24.4 Å². The number of carbonyl (C=O) groups excluding carboxylic acids is 1. The minimum atomic E-state index is -4.22. The highest BCUT2D eigenvalue weighted by molar-refractivity contribution is 7.52. The lowest BCUT2D eigenvalue weighted by atomic mass is 10.1. The maximum atomic E-state index is 15.4. The summed E-state index contributed by atoms with van der Waals surface area (Å²) in [6.45, 7) is 2.62. The van der Waals surface area contributed by atoms with Gasteiger partial charge in [0.05, 0.1) is 20.0 Å². The van der Waals surface area contributed by atoms with E-state index in [0.29, 0.717) is 28.8 Å². The molecule has 39 heavy (non-hydrogen) atoms. The summed E-state index contributed by atoms with van der Waals surface area (Å²) in [4.78, 5) is 25.1. The van der Waals surface area contributed by atoms with E-state index in [1.54, 1.807) is 37.3 Å². The van der Waals surface area contributed by atoms with Gasteiger partial charge in [-0.1, -0.05) is 18.2 Å². The molecular formula is C24H30FN6O7P. The van der Waals surface area contributed by atoms with Crippen molar-refractivity contribution >= 4 is 30.7 Å². The van der Waals surface area contributed by atoms with Crippen molar-refractivity contribution < 1.29 is 37.4 Å². The van der Waals surface area contributed by atoms with Gasteiger partial charge in [-0.25, -0.2) is 23.9 Å². The van der Waals surface area contributed by atoms with E-state index in [2.05, 4.69) is 30.1 Å². The molecule has 1 unspecified atom stereocenters. The van der Waals surface area contributed by atoms with E-state index in [9.17, 15) is 14.5 Å². The highest BCUT2D eigenvalue weighted by atomic mass is 31.2. The molecular weight excluding hydrogens is 534 g/mol. The first kappa shape index (κ1) is 27.4. The van der Waals surface area contributed by atoms with Gasteiger partial charge >= 0.3 is 13.7 Å². The lowest BCUT2D eigenvalue weighted by Gasteiger charge is -2.24. The van der Waals surface area contributed by atoms with Crippen LogP contribution in [0.1, 0.15) is 31.8 Å². The summed E-state index contributed by atoms with van der Waals surface area (Å²) in [6, 6.07) is 7.43. The highest BCUT2D eigenvalue weighted by Gasteiger charge is 2.47. The number of carbonyl (C=O) groups is 1. The molecule has 0 radical (unpaired) electrons. The largest absolute Gasteiger partial charge is 0.468 e. The number of nitrogens with zero attached hydrogens (tertiary/aromatic N) is 4. The second-order valence-electron chi connectivity index (χ2n) is 9.43. The lowest BCUT2D eigenvalue weighted by Crippen LogP contribution is -2.36. The molecule has 2 fully saturated rings. The zero-order valence-electron chi connectivity index (χ0n) is 21.6. The van der Waals surface area contributed by atoms with Gasteiger partial charge in [-0.05, 0) is 38.8 Å². The molecule has 1 saturated carbocycles. The number of fused-ring (bicyclic) bond motifs is 1. The second kappa shape index (κ2) is 11.1. The maximum absolute atomic E-state index is 15.4. The lowest BCUT2D eigenvalue weighted by molar-refractivity contribution is -0.142. The Kier molecular flexibility index (Phi) is 7.83. The molecule has 0 amide bonds. The van der Waals surface area contributed by atoms with Crippen molar-refractivity contribution in [2.75, 3.05) is 19.0 Å². The Labute approximate surface area is 223 Å². The number of esters is 1. The van der Waals surface area contributed by atoms with Gasteiger partial charge in [0.15, 0.2) is 29.4 Å². The van der Waals surface area contributed by atoms with Crippen LogP contribution in [0, 0.1) is 6.92 Å². The summed E-state index contributed by atoms with van der Waals surface area (Å²) < 4.78 is 51.9. The topological polar surface area (TPSA) is 159 Å². The van der Waals surface area contributed by atoms with Crippen LogP contribution in [0.2, 0.25) is 0 Å². The average Bonchev–Trinajstić information content (AvgIpc) is 3.56. The van der Waals surface area contributed by atoms with Gasteiger partial charge in [-0.3, -0.25) is 13.9 Å². The Morgan fingerprint density at radius 1 is 1.31 bits per heavy atom. The molecule has 5 rings (SSSR count). The van der Waals surface area contributed by atoms with Crippen LogP contribution < -0.4 is 14.9 Å². The number of aromatic nitrogens is 4. The van der Waals surface area contributed by atoms with Crippen LogP contribution >= 0.6 is 7.75 Å². The van der Waals surface area contributed by atoms with Crippen LogP contribution in [-0.4, -0.2) is 74.8 Å². The third-order valence-electron chi connectivity index (χ3n) is 6.30. The van der Waals surface area contributed by atoms with Crippen LogP contribution in [0.4, 0.5) is 10.2 Å². The average molecular weight is 565 g/mol. The Hall–Kier alpha value is -3.16. The summed E-state index contributed by atoms with van der Waals surface area (Å²) in [6.07, 6.45) is -2.56. The molecule has 210 valence electrons. The van der Waals surface area contributed by atoms with Crippen molar-refractivity contribution in [2.45, 2.75) is 63.4 Å². The summed E-state index contributed by atoms with van der Waals surface area (Å²) >= 11 is 0. The van der Waals surface area contributed by atoms with Crippen LogP contribution in [0.3, 0.4) is 0 Å². The van der Waals surface area contributed by atoms with Gasteiger partial charge in [0.2, 0.25) is 0 Å². The molecule has 13 nitrogen and oxygen atoms in total. The highest BCUT2D eigenvalue weighted by Crippen LogP contribution is 2.46. The van der Waals surface area contributed by atoms with Crippen molar-refractivity contribution in [3.63, 3.8) is 0 Å². The van der Waals surface area contributed by atoms with Crippen LogP contribution in [0.5, 0.6) is 5.75 Å². The number of aliphatic hydroxyl groups is 1. The van der Waals surface area contributed by atoms with E-state index >= 15 is 4.39 Å². The van der Waals surface area contributed by atoms with Crippen LogP contribution in [-0.2, 0) is 23.4 Å². The Morgan fingerprint density at radius 2 is 2.05 bits per heavy atom. The fourth-order valence-electron chi connectivity index (χ4n) is 4.15. The predicted octanol–water partition coefficient (Wildman–Crippen LogP) is 2.66. The van der Waals surface area contributed by atoms with E-state index < -0.39 is 51.0 Å². The van der Waals surface area contributed by atoms with Gasteiger partial charge in [0.1, 0.15) is 29.8 Å². The number of benzene rings is 1. The number of aliphatic hydroxyl groups excluding tert-OH is 1. The first-order chi connectivity index (χ1) is 18.7. The predicted molar refractivity (Wildman–Crippen MR) is 137 cm³/mol. The molecule has 3 aromatic rings. The monoisotopic (exact) mass is 564 g/mol. The molecule has 3 heterocycles. The molecule has 1 aliphatic heterocycles. The van der Waals surface area contributed by atoms with Gasteiger partial charge in [0.25, 0.3) is 0 Å². The smallest absolute Gasteiger partial charge is 0.459 e. The third-order valence-corrected chi connectivity index (χ3v) is 7.95. The van der Waals surface area contributed by atoms with Gasteiger partial charge in [0, 0.05) is 6.04 Å². The maximum Gasteiger partial charge on any atom is 0.459 e. The summed E-state index contributed by atoms with van der Waals surface area (Å²) in [5, 5.41) is 16.5. The van der Waals surface area contributed by atoms with Crippen LogP contribution in [0.15, 0.2) is 36.7 Å². The second-order valence-corrected chi connectivity index (χ2v) is 11.1. The summed E-state index contributed by atoms with van der Waals surface area (Å²) in [7, 11) is -3.03. The molecule has 2 aliphatic rings. The van der Waals surface area contributed by atoms with Crippen molar-refractivity contribution in [1.29, 1.82) is 0 Å². The number of hydrogen-bond donors (Lipinski definition) is 3. The van der Waals surface area contributed by atoms with E-state index in [-0.39, 0.29) is 5.75 Å². The standard InChI is InChI=1S/C24H30FN6O7P/c1-13(24(33)35-3)30-39(34,38-16-7-5-4-6-8-16)36-11-17-20(32)18(25)23(37-17)31-12-26-19-21(29-15-9-10-15)27-14(2)28-22(19)31/h4-8,12-13,15,17-18,20,23,32H,9-11H2,1-3H3,(H,30,34)(H,27,28,29)/t13-,17+,18+,20+,23+,39?/m0/s1. The summed E-state index contributed by atoms with van der Waals surface area (Å²) in [5.74, 6) is 0.523. The Balaban J connectivity index is 1.33. The zero-order valence-corrected chi connectivity index (χ0v) is 22.5. The summed E-state index contributed by atoms with van der Waals surface area (Å²) in [5.41, 5.74) is 0.804. The number of imidazole rings is 1. The molecule has 2 aromatic heterocycles. The molecule has 15 heteroatoms. The normalized spacial score (nSPS) is 25.3. The Morgan fingerprint density at radius 3 is 2.74 bits per heavy atom. The van der Waals surface area contributed by atoms with E-state index in [1.807, 2.05) is 0 Å². The number of halogens is 1. The molecule has 1 aromatic carbocycles. The number of methoxy groups -OCH3 is 1. The van der Waals surface area contributed by atoms with E-state index in [1.165, 1.54) is 24.9 Å². The first-order valence-electron chi connectivity index (χ1n) is 12.5. The fourth-order valence-corrected chi connectivity index (χ4v) is 5.65. The van der Waals surface area contributed by atoms with Crippen LogP contribution in [0.25, 0.3) is 11.2 Å². The molecule has 0 spiro atoms. The number of anilines is 1. The quantitative estimate of drug-likeness (QED) is 0.231. The number of aryl methyl sites for hydroxylation is 1. The molecule has 3 N–H and O–H groups in total. The van der Waals surface area contributed by atoms with E-state index in [4.69, 9.17) is 13.8 Å². The minimum Gasteiger partial charge on any atom is -0.468 e. The van der Waals surface area contributed by atoms with E-state index in [0.717, 1.165) is 12.8 Å². The molecule has 1 saturated heterocycles. The number of alkyl halides is 1. The molecule has 6 atom stereocenters. The van der Waals surface area contributed by atoms with Crippen molar-refractivity contribution in [1.82, 2.24) is 24.6 Å². The van der Waals surface area contributed by atoms with Crippen molar-refractivity contribution in [3.8, 4) is 5.75 Å². The fraction of sp³-hybridized carbons (Fsp3) is 0.500.